The Morgan fingerprint density at radius 2 is 2.31 bits per heavy atom. The van der Waals surface area contributed by atoms with Crippen molar-refractivity contribution in [2.45, 2.75) is 6.04 Å². The quantitative estimate of drug-likeness (QED) is 0.869. The van der Waals surface area contributed by atoms with E-state index in [1.807, 2.05) is 6.07 Å². The van der Waals surface area contributed by atoms with Gasteiger partial charge in [0.05, 0.1) is 6.61 Å². The fourth-order valence-corrected chi connectivity index (χ4v) is 1.31. The average Bonchev–Trinajstić information content (AvgIpc) is 2.78. The lowest BCUT2D eigenvalue weighted by Gasteiger charge is -1.98. The van der Waals surface area contributed by atoms with E-state index in [9.17, 15) is 0 Å². The topological polar surface area (TPSA) is 98.1 Å². The first-order valence-corrected chi connectivity index (χ1v) is 5.32. The SMILES string of the molecule is NC(CO)c1nc(-c2ccc(Br)cn2)no1. The molecule has 2 aromatic rings. The second kappa shape index (κ2) is 4.69. The van der Waals surface area contributed by atoms with Crippen molar-refractivity contribution in [2.75, 3.05) is 6.61 Å². The van der Waals surface area contributed by atoms with Gasteiger partial charge in [0.25, 0.3) is 0 Å². The summed E-state index contributed by atoms with van der Waals surface area (Å²) >= 11 is 3.28. The molecule has 2 heterocycles. The number of pyridine rings is 1. The van der Waals surface area contributed by atoms with Gasteiger partial charge in [-0.2, -0.15) is 4.98 Å². The molecular weight excluding hydrogens is 276 g/mol. The normalized spacial score (nSPS) is 12.7. The lowest BCUT2D eigenvalue weighted by molar-refractivity contribution is 0.237. The van der Waals surface area contributed by atoms with Crippen LogP contribution in [0, 0.1) is 0 Å². The Kier molecular flexibility index (Phi) is 3.28. The minimum absolute atomic E-state index is 0.196. The van der Waals surface area contributed by atoms with Crippen LogP contribution in [-0.4, -0.2) is 26.8 Å². The first-order valence-electron chi connectivity index (χ1n) is 4.52. The molecule has 0 aliphatic rings. The van der Waals surface area contributed by atoms with Gasteiger partial charge in [-0.15, -0.1) is 0 Å². The first-order chi connectivity index (χ1) is 7.70. The molecule has 84 valence electrons. The highest BCUT2D eigenvalue weighted by atomic mass is 79.9. The van der Waals surface area contributed by atoms with Crippen molar-refractivity contribution >= 4 is 15.9 Å². The van der Waals surface area contributed by atoms with E-state index < -0.39 is 6.04 Å². The van der Waals surface area contributed by atoms with Crippen LogP contribution in [0.1, 0.15) is 11.9 Å². The molecule has 2 aromatic heterocycles. The summed E-state index contributed by atoms with van der Waals surface area (Å²) in [5.41, 5.74) is 6.12. The third-order valence-electron chi connectivity index (χ3n) is 1.91. The molecule has 3 N–H and O–H groups in total. The van der Waals surface area contributed by atoms with Crippen LogP contribution in [0.15, 0.2) is 27.3 Å². The van der Waals surface area contributed by atoms with Crippen LogP contribution < -0.4 is 5.73 Å². The second-order valence-corrected chi connectivity index (χ2v) is 4.02. The fraction of sp³-hybridized carbons (Fsp3) is 0.222. The number of halogens is 1. The largest absolute Gasteiger partial charge is 0.394 e. The lowest BCUT2D eigenvalue weighted by Crippen LogP contribution is -2.14. The molecule has 0 saturated heterocycles. The van der Waals surface area contributed by atoms with Gasteiger partial charge in [-0.1, -0.05) is 5.16 Å². The molecule has 2 rings (SSSR count). The van der Waals surface area contributed by atoms with E-state index >= 15 is 0 Å². The van der Waals surface area contributed by atoms with Crippen LogP contribution in [0.25, 0.3) is 11.5 Å². The van der Waals surface area contributed by atoms with Crippen molar-refractivity contribution in [3.8, 4) is 11.5 Å². The highest BCUT2D eigenvalue weighted by molar-refractivity contribution is 9.10. The third kappa shape index (κ3) is 2.26. The van der Waals surface area contributed by atoms with Crippen molar-refractivity contribution in [3.63, 3.8) is 0 Å². The molecule has 0 amide bonds. The van der Waals surface area contributed by atoms with Gasteiger partial charge in [-0.05, 0) is 28.1 Å². The molecule has 0 aromatic carbocycles. The summed E-state index contributed by atoms with van der Waals surface area (Å²) in [6, 6.07) is 2.92. The van der Waals surface area contributed by atoms with Crippen LogP contribution in [0.5, 0.6) is 0 Å². The van der Waals surface area contributed by atoms with Crippen LogP contribution in [0.4, 0.5) is 0 Å². The zero-order chi connectivity index (χ0) is 11.5. The zero-order valence-corrected chi connectivity index (χ0v) is 9.75. The van der Waals surface area contributed by atoms with Gasteiger partial charge in [0.15, 0.2) is 0 Å². The number of hydrogen-bond acceptors (Lipinski definition) is 6. The number of aliphatic hydroxyl groups is 1. The van der Waals surface area contributed by atoms with Gasteiger partial charge < -0.3 is 15.4 Å². The third-order valence-corrected chi connectivity index (χ3v) is 2.38. The molecule has 0 radical (unpaired) electrons. The fourth-order valence-electron chi connectivity index (χ4n) is 1.08. The lowest BCUT2D eigenvalue weighted by atomic mass is 10.3. The zero-order valence-electron chi connectivity index (χ0n) is 8.17. The molecule has 1 unspecified atom stereocenters. The number of rotatable bonds is 3. The van der Waals surface area contributed by atoms with Gasteiger partial charge in [0.2, 0.25) is 11.7 Å². The molecule has 1 atom stereocenters. The molecule has 16 heavy (non-hydrogen) atoms. The molecule has 6 nitrogen and oxygen atoms in total. The second-order valence-electron chi connectivity index (χ2n) is 3.11. The minimum atomic E-state index is -0.656. The summed E-state index contributed by atoms with van der Waals surface area (Å²) in [4.78, 5) is 8.15. The number of aromatic nitrogens is 3. The van der Waals surface area contributed by atoms with Gasteiger partial charge in [0, 0.05) is 10.7 Å². The molecule has 0 aliphatic carbocycles. The maximum atomic E-state index is 8.83. The summed E-state index contributed by atoms with van der Waals surface area (Å²) < 4.78 is 5.77. The van der Waals surface area contributed by atoms with E-state index in [0.29, 0.717) is 11.5 Å². The van der Waals surface area contributed by atoms with Gasteiger partial charge in [-0.25, -0.2) is 0 Å². The Labute approximate surface area is 99.6 Å². The van der Waals surface area contributed by atoms with Crippen molar-refractivity contribution in [1.29, 1.82) is 0 Å². The Morgan fingerprint density at radius 3 is 2.94 bits per heavy atom. The van der Waals surface area contributed by atoms with E-state index in [2.05, 4.69) is 31.1 Å². The molecule has 0 fully saturated rings. The smallest absolute Gasteiger partial charge is 0.246 e. The molecule has 7 heteroatoms. The average molecular weight is 285 g/mol. The van der Waals surface area contributed by atoms with Crippen LogP contribution in [0.3, 0.4) is 0 Å². The summed E-state index contributed by atoms with van der Waals surface area (Å²) in [5, 5.41) is 12.6. The van der Waals surface area contributed by atoms with Crippen molar-refractivity contribution in [1.82, 2.24) is 15.1 Å². The Bertz CT molecular complexity index is 471. The first kappa shape index (κ1) is 11.2. The van der Waals surface area contributed by atoms with Crippen molar-refractivity contribution in [2.24, 2.45) is 5.73 Å². The van der Waals surface area contributed by atoms with Crippen LogP contribution in [0.2, 0.25) is 0 Å². The van der Waals surface area contributed by atoms with Crippen molar-refractivity contribution < 1.29 is 9.63 Å². The molecule has 0 bridgehead atoms. The maximum Gasteiger partial charge on any atom is 0.246 e. The predicted octanol–water partition coefficient (Wildman–Crippen LogP) is 0.886. The predicted molar refractivity (Wildman–Crippen MR) is 59.2 cm³/mol. The molecular formula is C9H9BrN4O2. The highest BCUT2D eigenvalue weighted by Crippen LogP contribution is 2.17. The Hall–Kier alpha value is -1.31. The number of nitrogens with zero attached hydrogens (tertiary/aromatic N) is 3. The summed E-state index contributed by atoms with van der Waals surface area (Å²) in [5.74, 6) is 0.550. The van der Waals surface area contributed by atoms with E-state index in [1.165, 1.54) is 0 Å². The van der Waals surface area contributed by atoms with E-state index in [-0.39, 0.29) is 12.5 Å². The number of nitrogens with two attached hydrogens (primary N) is 1. The summed E-state index contributed by atoms with van der Waals surface area (Å²) in [6.45, 7) is -0.241. The Balaban J connectivity index is 2.28. The van der Waals surface area contributed by atoms with Crippen LogP contribution >= 0.6 is 15.9 Å². The monoisotopic (exact) mass is 284 g/mol. The molecule has 0 spiro atoms. The molecule has 0 aliphatic heterocycles. The van der Waals surface area contributed by atoms with Gasteiger partial charge in [0.1, 0.15) is 11.7 Å². The van der Waals surface area contributed by atoms with Gasteiger partial charge in [-0.3, -0.25) is 4.98 Å². The van der Waals surface area contributed by atoms with Gasteiger partial charge >= 0.3 is 0 Å². The standard InChI is InChI=1S/C9H9BrN4O2/c10-5-1-2-7(12-3-5)8-13-9(16-14-8)6(11)4-15/h1-3,6,15H,4,11H2. The minimum Gasteiger partial charge on any atom is -0.394 e. The number of aliphatic hydroxyl groups excluding tert-OH is 1. The van der Waals surface area contributed by atoms with E-state index in [4.69, 9.17) is 15.4 Å². The number of hydrogen-bond donors (Lipinski definition) is 2. The highest BCUT2D eigenvalue weighted by Gasteiger charge is 2.15. The van der Waals surface area contributed by atoms with E-state index in [1.54, 1.807) is 12.3 Å². The van der Waals surface area contributed by atoms with Crippen molar-refractivity contribution in [3.05, 3.63) is 28.7 Å². The van der Waals surface area contributed by atoms with E-state index in [0.717, 1.165) is 4.47 Å². The Morgan fingerprint density at radius 1 is 1.50 bits per heavy atom. The maximum absolute atomic E-state index is 8.83. The summed E-state index contributed by atoms with van der Waals surface area (Å²) in [7, 11) is 0. The van der Waals surface area contributed by atoms with Crippen LogP contribution in [-0.2, 0) is 0 Å². The summed E-state index contributed by atoms with van der Waals surface area (Å²) in [6.07, 6.45) is 1.64. The molecule has 0 saturated carbocycles.